The molecule has 0 heterocycles. The number of aromatic hydroxyl groups is 1. The van der Waals surface area contributed by atoms with Gasteiger partial charge in [-0.1, -0.05) is 18.2 Å². The summed E-state index contributed by atoms with van der Waals surface area (Å²) in [7, 11) is 1.60. The normalized spacial score (nSPS) is 10.4. The van der Waals surface area contributed by atoms with Crippen molar-refractivity contribution >= 4 is 35.0 Å². The van der Waals surface area contributed by atoms with Crippen molar-refractivity contribution in [2.45, 2.75) is 6.92 Å². The van der Waals surface area contributed by atoms with Crippen molar-refractivity contribution < 1.29 is 14.6 Å². The Bertz CT molecular complexity index is 770. The van der Waals surface area contributed by atoms with Gasteiger partial charge in [0.05, 0.1) is 12.8 Å². The molecular formula is C18H18N2O3S. The van der Waals surface area contributed by atoms with Gasteiger partial charge in [-0.2, -0.15) is 0 Å². The number of ether oxygens (including phenoxy) is 1. The molecule has 3 N–H and O–H groups in total. The Morgan fingerprint density at radius 1 is 1.21 bits per heavy atom. The lowest BCUT2D eigenvalue weighted by atomic mass is 10.2. The van der Waals surface area contributed by atoms with Crippen LogP contribution in [0.3, 0.4) is 0 Å². The van der Waals surface area contributed by atoms with Gasteiger partial charge in [0.2, 0.25) is 5.91 Å². The molecule has 0 atom stereocenters. The highest BCUT2D eigenvalue weighted by Crippen LogP contribution is 2.23. The molecule has 2 aromatic rings. The Balaban J connectivity index is 1.92. The van der Waals surface area contributed by atoms with E-state index in [-0.39, 0.29) is 16.8 Å². The second-order valence-electron chi connectivity index (χ2n) is 5.07. The van der Waals surface area contributed by atoms with E-state index in [0.29, 0.717) is 5.69 Å². The number of hydrogen-bond acceptors (Lipinski definition) is 4. The third-order valence-corrected chi connectivity index (χ3v) is 3.38. The number of hydrogen-bond donors (Lipinski definition) is 3. The molecule has 0 unspecified atom stereocenters. The number of anilines is 1. The van der Waals surface area contributed by atoms with Gasteiger partial charge >= 0.3 is 0 Å². The molecular weight excluding hydrogens is 324 g/mol. The summed E-state index contributed by atoms with van der Waals surface area (Å²) in [4.78, 5) is 11.9. The van der Waals surface area contributed by atoms with Crippen molar-refractivity contribution in [3.63, 3.8) is 0 Å². The minimum absolute atomic E-state index is 0.0611. The Kier molecular flexibility index (Phi) is 5.92. The zero-order valence-corrected chi connectivity index (χ0v) is 14.2. The van der Waals surface area contributed by atoms with Crippen LogP contribution in [0.25, 0.3) is 6.08 Å². The average molecular weight is 342 g/mol. The minimum Gasteiger partial charge on any atom is -0.506 e. The molecule has 24 heavy (non-hydrogen) atoms. The number of amides is 1. The molecule has 0 aliphatic heterocycles. The van der Waals surface area contributed by atoms with Crippen LogP contribution in [-0.4, -0.2) is 23.2 Å². The number of carbonyl (C=O) groups is 1. The number of nitrogens with one attached hydrogen (secondary N) is 2. The van der Waals surface area contributed by atoms with Gasteiger partial charge in [-0.3, -0.25) is 10.1 Å². The van der Waals surface area contributed by atoms with Crippen molar-refractivity contribution in [1.29, 1.82) is 0 Å². The summed E-state index contributed by atoms with van der Waals surface area (Å²) >= 11 is 5.07. The summed E-state index contributed by atoms with van der Waals surface area (Å²) < 4.78 is 5.07. The molecule has 2 rings (SSSR count). The first-order valence-electron chi connectivity index (χ1n) is 7.21. The summed E-state index contributed by atoms with van der Waals surface area (Å²) in [5, 5.41) is 15.2. The molecule has 0 aliphatic rings. The van der Waals surface area contributed by atoms with E-state index in [2.05, 4.69) is 10.6 Å². The molecule has 124 valence electrons. The molecule has 6 heteroatoms. The standard InChI is InChI=1S/C18H18N2O3S/c1-12-3-9-16(21)15(11-12)19-18(24)20-17(22)10-6-13-4-7-14(23-2)8-5-13/h3-11,21H,1-2H3,(H2,19,20,22,24)/b10-6+. The van der Waals surface area contributed by atoms with Gasteiger partial charge in [-0.15, -0.1) is 0 Å². The van der Waals surface area contributed by atoms with Gasteiger partial charge in [0, 0.05) is 6.08 Å². The first kappa shape index (κ1) is 17.5. The molecule has 0 fully saturated rings. The quantitative estimate of drug-likeness (QED) is 0.452. The van der Waals surface area contributed by atoms with Crippen molar-refractivity contribution in [2.75, 3.05) is 12.4 Å². The molecule has 0 aromatic heterocycles. The van der Waals surface area contributed by atoms with Crippen LogP contribution in [0, 0.1) is 6.92 Å². The molecule has 0 radical (unpaired) electrons. The maximum absolute atomic E-state index is 11.9. The summed E-state index contributed by atoms with van der Waals surface area (Å²) in [5.41, 5.74) is 2.27. The van der Waals surface area contributed by atoms with Crippen LogP contribution in [0.2, 0.25) is 0 Å². The second-order valence-corrected chi connectivity index (χ2v) is 5.48. The number of methoxy groups -OCH3 is 1. The van der Waals surface area contributed by atoms with E-state index in [4.69, 9.17) is 17.0 Å². The maximum atomic E-state index is 11.9. The van der Waals surface area contributed by atoms with E-state index in [1.54, 1.807) is 31.4 Å². The van der Waals surface area contributed by atoms with E-state index < -0.39 is 0 Å². The first-order chi connectivity index (χ1) is 11.5. The summed E-state index contributed by atoms with van der Waals surface area (Å²) in [6, 6.07) is 12.4. The van der Waals surface area contributed by atoms with Crippen LogP contribution in [0.1, 0.15) is 11.1 Å². The zero-order chi connectivity index (χ0) is 17.5. The lowest BCUT2D eigenvalue weighted by Gasteiger charge is -2.10. The Morgan fingerprint density at radius 3 is 2.58 bits per heavy atom. The second kappa shape index (κ2) is 8.12. The number of rotatable bonds is 4. The summed E-state index contributed by atoms with van der Waals surface area (Å²) in [5.74, 6) is 0.446. The number of aryl methyl sites for hydroxylation is 1. The lowest BCUT2D eigenvalue weighted by Crippen LogP contribution is -2.32. The molecule has 5 nitrogen and oxygen atoms in total. The van der Waals surface area contributed by atoms with Gasteiger partial charge in [-0.25, -0.2) is 0 Å². The summed E-state index contributed by atoms with van der Waals surface area (Å²) in [6.45, 7) is 1.89. The van der Waals surface area contributed by atoms with E-state index in [1.165, 1.54) is 6.08 Å². The van der Waals surface area contributed by atoms with E-state index in [9.17, 15) is 9.90 Å². The van der Waals surface area contributed by atoms with Crippen molar-refractivity contribution in [3.05, 3.63) is 59.7 Å². The van der Waals surface area contributed by atoms with E-state index in [1.807, 2.05) is 31.2 Å². The highest BCUT2D eigenvalue weighted by atomic mass is 32.1. The first-order valence-corrected chi connectivity index (χ1v) is 7.62. The third-order valence-electron chi connectivity index (χ3n) is 3.18. The van der Waals surface area contributed by atoms with Crippen molar-refractivity contribution in [2.24, 2.45) is 0 Å². The molecule has 1 amide bonds. The fraction of sp³-hybridized carbons (Fsp3) is 0.111. The topological polar surface area (TPSA) is 70.6 Å². The zero-order valence-electron chi connectivity index (χ0n) is 13.4. The molecule has 2 aromatic carbocycles. The Labute approximate surface area is 146 Å². The fourth-order valence-electron chi connectivity index (χ4n) is 1.94. The summed E-state index contributed by atoms with van der Waals surface area (Å²) in [6.07, 6.45) is 3.05. The Morgan fingerprint density at radius 2 is 1.92 bits per heavy atom. The van der Waals surface area contributed by atoms with Crippen LogP contribution in [0.4, 0.5) is 5.69 Å². The average Bonchev–Trinajstić information content (AvgIpc) is 2.56. The van der Waals surface area contributed by atoms with Gasteiger partial charge in [-0.05, 0) is 60.6 Å². The van der Waals surface area contributed by atoms with Gasteiger partial charge in [0.1, 0.15) is 11.5 Å². The van der Waals surface area contributed by atoms with E-state index in [0.717, 1.165) is 16.9 Å². The SMILES string of the molecule is COc1ccc(/C=C/C(=O)NC(=S)Nc2cc(C)ccc2O)cc1. The van der Waals surface area contributed by atoms with Crippen LogP contribution >= 0.6 is 12.2 Å². The fourth-order valence-corrected chi connectivity index (χ4v) is 2.15. The third kappa shape index (κ3) is 5.10. The Hall–Kier alpha value is -2.86. The highest BCUT2D eigenvalue weighted by Gasteiger charge is 2.05. The number of thiocarbonyl (C=S) groups is 1. The van der Waals surface area contributed by atoms with Gasteiger partial charge < -0.3 is 15.2 Å². The highest BCUT2D eigenvalue weighted by molar-refractivity contribution is 7.80. The minimum atomic E-state index is -0.365. The predicted molar refractivity (Wildman–Crippen MR) is 99.2 cm³/mol. The number of phenolic OH excluding ortho intramolecular Hbond substituents is 1. The van der Waals surface area contributed by atoms with Crippen LogP contribution in [0.15, 0.2) is 48.5 Å². The maximum Gasteiger partial charge on any atom is 0.250 e. The van der Waals surface area contributed by atoms with E-state index >= 15 is 0 Å². The van der Waals surface area contributed by atoms with Crippen molar-refractivity contribution in [3.8, 4) is 11.5 Å². The smallest absolute Gasteiger partial charge is 0.250 e. The lowest BCUT2D eigenvalue weighted by molar-refractivity contribution is -0.115. The van der Waals surface area contributed by atoms with Crippen molar-refractivity contribution in [1.82, 2.24) is 5.32 Å². The van der Waals surface area contributed by atoms with Crippen LogP contribution < -0.4 is 15.4 Å². The molecule has 0 saturated carbocycles. The van der Waals surface area contributed by atoms with Crippen LogP contribution in [0.5, 0.6) is 11.5 Å². The molecule has 0 bridgehead atoms. The molecule has 0 saturated heterocycles. The molecule has 0 aliphatic carbocycles. The number of benzene rings is 2. The van der Waals surface area contributed by atoms with Crippen LogP contribution in [-0.2, 0) is 4.79 Å². The van der Waals surface area contributed by atoms with Gasteiger partial charge in [0.25, 0.3) is 0 Å². The molecule has 0 spiro atoms. The monoisotopic (exact) mass is 342 g/mol. The predicted octanol–water partition coefficient (Wildman–Crippen LogP) is 3.24. The van der Waals surface area contributed by atoms with Gasteiger partial charge in [0.15, 0.2) is 5.11 Å². The number of phenols is 1. The largest absolute Gasteiger partial charge is 0.506 e. The number of carbonyl (C=O) groups excluding carboxylic acids is 1.